The Morgan fingerprint density at radius 2 is 0.769 bits per heavy atom. The van der Waals surface area contributed by atoms with Gasteiger partial charge in [0.2, 0.25) is 0 Å². The van der Waals surface area contributed by atoms with E-state index in [0.29, 0.717) is 0 Å². The van der Waals surface area contributed by atoms with Crippen LogP contribution in [-0.4, -0.2) is 30.0 Å². The fraction of sp³-hybridized carbons (Fsp3) is 1.00. The van der Waals surface area contributed by atoms with Gasteiger partial charge in [-0.25, -0.2) is 0 Å². The van der Waals surface area contributed by atoms with E-state index in [1.54, 1.807) is 0 Å². The van der Waals surface area contributed by atoms with Crippen molar-refractivity contribution in [2.45, 2.75) is 199 Å². The first-order valence-corrected chi connectivity index (χ1v) is 22.1. The average Bonchev–Trinajstić information content (AvgIpc) is 2.86. The zero-order valence-corrected chi connectivity index (χ0v) is 29.5. The third kappa shape index (κ3) is 23.8. The molecule has 0 rings (SSSR count). The van der Waals surface area contributed by atoms with Gasteiger partial charge in [0.05, 0.1) is 13.3 Å². The van der Waals surface area contributed by atoms with Crippen LogP contribution in [0.1, 0.15) is 194 Å². The van der Waals surface area contributed by atoms with Crippen LogP contribution in [0.25, 0.3) is 0 Å². The molecule has 0 aliphatic rings. The van der Waals surface area contributed by atoms with Crippen molar-refractivity contribution < 1.29 is 13.8 Å². The van der Waals surface area contributed by atoms with Crippen LogP contribution in [0.4, 0.5) is 0 Å². The summed E-state index contributed by atoms with van der Waals surface area (Å²) in [7, 11) is -5.44. The quantitative estimate of drug-likeness (QED) is 0.0667. The van der Waals surface area contributed by atoms with Gasteiger partial charge in [-0.15, -0.1) is 0 Å². The Morgan fingerprint density at radius 3 is 1.00 bits per heavy atom. The van der Waals surface area contributed by atoms with Gasteiger partial charge in [0.1, 0.15) is 5.16 Å². The summed E-state index contributed by atoms with van der Waals surface area (Å²) < 4.78 is 18.1. The summed E-state index contributed by atoms with van der Waals surface area (Å²) >= 11 is 0. The van der Waals surface area contributed by atoms with E-state index in [9.17, 15) is 9.46 Å². The number of unbranched alkanes of at least 4 members (excludes halogenated alkanes) is 23. The highest BCUT2D eigenvalue weighted by Crippen LogP contribution is 2.73. The monoisotopic (exact) mass is 592 g/mol. The highest BCUT2D eigenvalue weighted by Gasteiger charge is 2.51. The largest absolute Gasteiger partial charge is 0.358 e. The second-order valence-electron chi connectivity index (χ2n) is 13.4. The Hall–Kier alpha value is 0.580. The molecule has 0 aromatic heterocycles. The molecule has 0 amide bonds. The van der Waals surface area contributed by atoms with Crippen molar-refractivity contribution in [1.82, 2.24) is 0 Å². The van der Waals surface area contributed by atoms with E-state index < -0.39 is 15.1 Å². The maximum atomic E-state index is 12.2. The van der Waals surface area contributed by atoms with Crippen LogP contribution in [0.5, 0.6) is 0 Å². The standard InChI is InChI=1S/C34H72O3P2/c1-7-9-11-13-15-17-19-21-23-25-27-29-31-33-34(3,38(4,5)37-39(6,35)36)32-30-28-26-24-22-20-18-16-14-12-10-8-2/h7-33H2,1-6H3/p+1. The van der Waals surface area contributed by atoms with Gasteiger partial charge < -0.3 is 4.89 Å². The summed E-state index contributed by atoms with van der Waals surface area (Å²) in [5.41, 5.74) is 0. The van der Waals surface area contributed by atoms with Crippen molar-refractivity contribution in [3.63, 3.8) is 0 Å². The lowest BCUT2D eigenvalue weighted by Gasteiger charge is -2.37. The molecule has 236 valence electrons. The van der Waals surface area contributed by atoms with E-state index in [-0.39, 0.29) is 5.16 Å². The summed E-state index contributed by atoms with van der Waals surface area (Å²) in [4.78, 5) is 10.0. The highest BCUT2D eigenvalue weighted by atomic mass is 31.3. The van der Waals surface area contributed by atoms with Crippen LogP contribution in [0.2, 0.25) is 0 Å². The van der Waals surface area contributed by atoms with Crippen molar-refractivity contribution in [2.24, 2.45) is 0 Å². The topological polar surface area (TPSA) is 46.5 Å². The Kier molecular flexibility index (Phi) is 25.5. The molecule has 0 aromatic rings. The molecule has 0 radical (unpaired) electrons. The molecular formula is C34H73O3P2+. The van der Waals surface area contributed by atoms with Crippen molar-refractivity contribution >= 4 is 15.1 Å². The van der Waals surface area contributed by atoms with Crippen LogP contribution in [0, 0.1) is 0 Å². The average molecular weight is 592 g/mol. The predicted octanol–water partition coefficient (Wildman–Crippen LogP) is 13.3. The minimum Gasteiger partial charge on any atom is -0.322 e. The van der Waals surface area contributed by atoms with Crippen molar-refractivity contribution in [1.29, 1.82) is 0 Å². The highest BCUT2D eigenvalue weighted by molar-refractivity contribution is 7.77. The molecule has 0 fully saturated rings. The number of hydrogen-bond donors (Lipinski definition) is 1. The zero-order chi connectivity index (χ0) is 29.3. The van der Waals surface area contributed by atoms with Crippen LogP contribution in [-0.2, 0) is 8.88 Å². The van der Waals surface area contributed by atoms with E-state index in [1.165, 1.54) is 167 Å². The van der Waals surface area contributed by atoms with Gasteiger partial charge in [-0.1, -0.05) is 162 Å². The SMILES string of the molecule is CCCCCCCCCCCCCCCC(C)(CCCCCCCCCCCCCC)[P+](C)(C)OP(C)(=O)O. The third-order valence-corrected chi connectivity index (χ3v) is 14.9. The minimum atomic E-state index is -3.48. The normalized spacial score (nSPS) is 15.4. The molecule has 5 heteroatoms. The molecule has 0 aliphatic heterocycles. The first-order chi connectivity index (χ1) is 18.6. The molecule has 0 aromatic carbocycles. The molecule has 0 bridgehead atoms. The number of hydrogen-bond acceptors (Lipinski definition) is 2. The molecule has 2 unspecified atom stereocenters. The van der Waals surface area contributed by atoms with Gasteiger partial charge in [-0.3, -0.25) is 4.57 Å². The van der Waals surface area contributed by atoms with Crippen LogP contribution in [0.3, 0.4) is 0 Å². The van der Waals surface area contributed by atoms with Crippen LogP contribution in [0.15, 0.2) is 0 Å². The van der Waals surface area contributed by atoms with Gasteiger partial charge >= 0.3 is 7.60 Å². The number of rotatable bonds is 30. The van der Waals surface area contributed by atoms with Gasteiger partial charge in [-0.2, -0.15) is 4.31 Å². The minimum absolute atomic E-state index is 0.0394. The molecule has 0 saturated carbocycles. The Balaban J connectivity index is 4.21. The molecule has 0 aliphatic carbocycles. The third-order valence-electron chi connectivity index (χ3n) is 9.04. The van der Waals surface area contributed by atoms with Crippen molar-refractivity contribution in [2.75, 3.05) is 20.0 Å². The Bertz CT molecular complexity index is 575. The van der Waals surface area contributed by atoms with E-state index in [2.05, 4.69) is 34.1 Å². The summed E-state index contributed by atoms with van der Waals surface area (Å²) in [6.45, 7) is 12.6. The maximum absolute atomic E-state index is 12.2. The Morgan fingerprint density at radius 1 is 0.538 bits per heavy atom. The summed E-state index contributed by atoms with van der Waals surface area (Å²) in [5.74, 6) is 0. The first-order valence-electron chi connectivity index (χ1n) is 17.4. The lowest BCUT2D eigenvalue weighted by atomic mass is 9.94. The second-order valence-corrected chi connectivity index (χ2v) is 19.4. The van der Waals surface area contributed by atoms with E-state index in [4.69, 9.17) is 4.31 Å². The van der Waals surface area contributed by atoms with Gasteiger partial charge in [0.15, 0.2) is 7.49 Å². The smallest absolute Gasteiger partial charge is 0.322 e. The zero-order valence-electron chi connectivity index (χ0n) is 27.8. The molecule has 0 saturated heterocycles. The Labute approximate surface area is 247 Å². The molecular weight excluding hydrogens is 518 g/mol. The summed E-state index contributed by atoms with van der Waals surface area (Å²) in [6, 6.07) is 0. The summed E-state index contributed by atoms with van der Waals surface area (Å²) in [6.07, 6.45) is 36.5. The summed E-state index contributed by atoms with van der Waals surface area (Å²) in [5, 5.41) is 0.0394. The fourth-order valence-corrected chi connectivity index (χ4v) is 11.2. The van der Waals surface area contributed by atoms with E-state index in [1.807, 2.05) is 0 Å². The van der Waals surface area contributed by atoms with Crippen molar-refractivity contribution in [3.05, 3.63) is 0 Å². The van der Waals surface area contributed by atoms with Gasteiger partial charge in [0, 0.05) is 6.66 Å². The van der Waals surface area contributed by atoms with Gasteiger partial charge in [-0.05, 0) is 32.6 Å². The van der Waals surface area contributed by atoms with Crippen LogP contribution < -0.4 is 0 Å². The molecule has 0 heterocycles. The maximum Gasteiger partial charge on any atom is 0.358 e. The van der Waals surface area contributed by atoms with Crippen molar-refractivity contribution in [3.8, 4) is 0 Å². The predicted molar refractivity (Wildman–Crippen MR) is 180 cm³/mol. The first kappa shape index (κ1) is 39.6. The fourth-order valence-electron chi connectivity index (χ4n) is 6.01. The van der Waals surface area contributed by atoms with E-state index >= 15 is 0 Å². The second kappa shape index (κ2) is 25.1. The molecule has 1 N–H and O–H groups in total. The lowest BCUT2D eigenvalue weighted by molar-refractivity contribution is 0.377. The molecule has 2 atom stereocenters. The lowest BCUT2D eigenvalue weighted by Crippen LogP contribution is -2.29. The molecule has 0 spiro atoms. The molecule has 3 nitrogen and oxygen atoms in total. The van der Waals surface area contributed by atoms with Gasteiger partial charge in [0.25, 0.3) is 0 Å². The van der Waals surface area contributed by atoms with Crippen LogP contribution >= 0.6 is 15.1 Å². The molecule has 39 heavy (non-hydrogen) atoms. The van der Waals surface area contributed by atoms with E-state index in [0.717, 1.165) is 12.8 Å².